The van der Waals surface area contributed by atoms with Crippen LogP contribution in [0, 0.1) is 12.1 Å². The van der Waals surface area contributed by atoms with Crippen LogP contribution in [-0.2, 0) is 26.5 Å². The number of imidazole rings is 4. The number of aromatic nitrogens is 6. The summed E-state index contributed by atoms with van der Waals surface area (Å²) in [5, 5.41) is 0. The Morgan fingerprint density at radius 1 is 0.500 bits per heavy atom. The van der Waals surface area contributed by atoms with E-state index in [4.69, 9.17) is 14.7 Å². The van der Waals surface area contributed by atoms with Gasteiger partial charge in [-0.3, -0.25) is 8.80 Å². The third-order valence-electron chi connectivity index (χ3n) is 9.36. The molecule has 4 aromatic heterocycles. The first-order valence-corrected chi connectivity index (χ1v) is 16.4. The minimum Gasteiger partial charge on any atom is -0.509 e. The van der Waals surface area contributed by atoms with Crippen molar-refractivity contribution in [3.63, 3.8) is 0 Å². The van der Waals surface area contributed by atoms with E-state index < -0.39 is 0 Å². The Morgan fingerprint density at radius 3 is 1.54 bits per heavy atom. The maximum absolute atomic E-state index is 6.67. The van der Waals surface area contributed by atoms with Crippen molar-refractivity contribution in [2.75, 3.05) is 0 Å². The zero-order valence-corrected chi connectivity index (χ0v) is 29.8. The standard InChI is InChI=1S/C42H30N6O.Pt/c1-42(2,3)27-23-29(46-37-20-9-11-22-39(37)48-35-18-7-5-16-33(35)44-41(46)48)26-31(24-27)49-30-14-12-13-28(25-30)45-36-19-8-10-21-38(36)47-34-17-6-4-15-32(34)43-40(45)47;/h4-24H,1-3H3;/q-2;+2. The average Bonchev–Trinajstić information content (AvgIpc) is 3.84. The number of hydrogen-bond acceptors (Lipinski definition) is 3. The number of hydrogen-bond donors (Lipinski definition) is 0. The van der Waals surface area contributed by atoms with E-state index in [1.165, 1.54) is 0 Å². The fourth-order valence-corrected chi connectivity index (χ4v) is 7.06. The van der Waals surface area contributed by atoms with Crippen LogP contribution in [0.5, 0.6) is 11.5 Å². The van der Waals surface area contributed by atoms with Crippen LogP contribution in [0.25, 0.3) is 67.1 Å². The molecule has 0 fully saturated rings. The average molecular weight is 830 g/mol. The number of para-hydroxylation sites is 8. The Morgan fingerprint density at radius 2 is 0.980 bits per heavy atom. The SMILES string of the molecule is CC(C)(C)c1cc(Oc2[c-]c(-n3c4ccccc4n4c5ccccc5nc34)ccc2)[c-]c(-n2c3ccccc3n3c4ccccc4nc23)c1.[Pt+2]. The van der Waals surface area contributed by atoms with Crippen LogP contribution in [0.15, 0.2) is 127 Å². The van der Waals surface area contributed by atoms with Gasteiger partial charge in [-0.2, -0.15) is 6.07 Å². The molecule has 0 unspecified atom stereocenters. The third kappa shape index (κ3) is 4.54. The Balaban J connectivity index is 0.00000336. The van der Waals surface area contributed by atoms with Crippen LogP contribution in [0.3, 0.4) is 0 Å². The molecule has 0 bridgehead atoms. The van der Waals surface area contributed by atoms with E-state index >= 15 is 0 Å². The number of rotatable bonds is 4. The maximum atomic E-state index is 6.67. The summed E-state index contributed by atoms with van der Waals surface area (Å²) in [7, 11) is 0. The van der Waals surface area contributed by atoms with Crippen molar-refractivity contribution >= 4 is 55.7 Å². The summed E-state index contributed by atoms with van der Waals surface area (Å²) in [5.41, 5.74) is 11.0. The molecule has 0 aliphatic rings. The molecule has 0 N–H and O–H groups in total. The van der Waals surface area contributed by atoms with Crippen molar-refractivity contribution in [2.24, 2.45) is 0 Å². The van der Waals surface area contributed by atoms with Gasteiger partial charge in [0.1, 0.15) is 0 Å². The van der Waals surface area contributed by atoms with Crippen molar-refractivity contribution in [1.29, 1.82) is 0 Å². The number of nitrogens with zero attached hydrogens (tertiary/aromatic N) is 6. The van der Waals surface area contributed by atoms with Gasteiger partial charge in [-0.15, -0.1) is 42.0 Å². The normalized spacial score (nSPS) is 12.1. The van der Waals surface area contributed by atoms with Crippen LogP contribution in [-0.4, -0.2) is 27.9 Å². The molecule has 0 saturated heterocycles. The molecule has 6 aromatic carbocycles. The minimum atomic E-state index is -0.148. The van der Waals surface area contributed by atoms with E-state index in [0.29, 0.717) is 11.5 Å². The van der Waals surface area contributed by atoms with Crippen molar-refractivity contribution in [3.8, 4) is 22.9 Å². The van der Waals surface area contributed by atoms with Gasteiger partial charge in [-0.1, -0.05) is 80.7 Å². The summed E-state index contributed by atoms with van der Waals surface area (Å²) in [6.07, 6.45) is 0. The minimum absolute atomic E-state index is 0. The molecule has 244 valence electrons. The third-order valence-corrected chi connectivity index (χ3v) is 9.36. The summed E-state index contributed by atoms with van der Waals surface area (Å²) in [4.78, 5) is 10.1. The largest absolute Gasteiger partial charge is 2.00 e. The van der Waals surface area contributed by atoms with Gasteiger partial charge in [-0.25, -0.2) is 9.97 Å². The van der Waals surface area contributed by atoms with Gasteiger partial charge in [0.2, 0.25) is 11.6 Å². The molecule has 50 heavy (non-hydrogen) atoms. The van der Waals surface area contributed by atoms with Crippen LogP contribution in [0.1, 0.15) is 26.3 Å². The predicted octanol–water partition coefficient (Wildman–Crippen LogP) is 9.86. The van der Waals surface area contributed by atoms with Gasteiger partial charge >= 0.3 is 21.1 Å². The molecule has 10 rings (SSSR count). The molecule has 0 saturated carbocycles. The fourth-order valence-electron chi connectivity index (χ4n) is 7.06. The summed E-state index contributed by atoms with van der Waals surface area (Å²) in [5.74, 6) is 2.86. The van der Waals surface area contributed by atoms with Gasteiger partial charge in [-0.05, 0) is 53.9 Å². The van der Waals surface area contributed by atoms with E-state index in [9.17, 15) is 0 Å². The predicted molar refractivity (Wildman–Crippen MR) is 196 cm³/mol. The van der Waals surface area contributed by atoms with Crippen molar-refractivity contribution in [2.45, 2.75) is 26.2 Å². The molecule has 0 spiro atoms. The smallest absolute Gasteiger partial charge is 0.509 e. The maximum Gasteiger partial charge on any atom is 2.00 e. The summed E-state index contributed by atoms with van der Waals surface area (Å²) in [6, 6.07) is 50.7. The zero-order chi connectivity index (χ0) is 32.9. The Bertz CT molecular complexity index is 2920. The summed E-state index contributed by atoms with van der Waals surface area (Å²) < 4.78 is 15.4. The Labute approximate surface area is 302 Å². The van der Waals surface area contributed by atoms with Crippen LogP contribution >= 0.6 is 0 Å². The van der Waals surface area contributed by atoms with Crippen molar-refractivity contribution < 1.29 is 25.8 Å². The second-order valence-corrected chi connectivity index (χ2v) is 13.5. The second kappa shape index (κ2) is 11.2. The van der Waals surface area contributed by atoms with Crippen LogP contribution in [0.4, 0.5) is 0 Å². The monoisotopic (exact) mass is 829 g/mol. The fraction of sp³-hybridized carbons (Fsp3) is 0.0952. The van der Waals surface area contributed by atoms with E-state index in [1.807, 2.05) is 36.4 Å². The van der Waals surface area contributed by atoms with Crippen molar-refractivity contribution in [1.82, 2.24) is 27.9 Å². The van der Waals surface area contributed by atoms with Crippen LogP contribution in [0.2, 0.25) is 0 Å². The van der Waals surface area contributed by atoms with Gasteiger partial charge < -0.3 is 13.9 Å². The molecular weight excluding hydrogens is 800 g/mol. The first-order valence-electron chi connectivity index (χ1n) is 16.4. The molecular formula is C42H30N6OPt. The van der Waals surface area contributed by atoms with E-state index in [0.717, 1.165) is 72.6 Å². The van der Waals surface area contributed by atoms with E-state index in [1.54, 1.807) is 0 Å². The molecule has 0 atom stereocenters. The molecule has 4 heterocycles. The first kappa shape index (κ1) is 30.4. The molecule has 0 amide bonds. The molecule has 10 aromatic rings. The Hall–Kier alpha value is -5.65. The molecule has 0 aliphatic carbocycles. The van der Waals surface area contributed by atoms with E-state index in [2.05, 4.69) is 142 Å². The van der Waals surface area contributed by atoms with Gasteiger partial charge in [0.05, 0.1) is 44.1 Å². The molecule has 8 heteroatoms. The van der Waals surface area contributed by atoms with Gasteiger partial charge in [0.25, 0.3) is 0 Å². The molecule has 0 aliphatic heterocycles. The molecule has 7 nitrogen and oxygen atoms in total. The van der Waals surface area contributed by atoms with Crippen LogP contribution < -0.4 is 4.74 Å². The van der Waals surface area contributed by atoms with Crippen molar-refractivity contribution in [3.05, 3.63) is 145 Å². The topological polar surface area (TPSA) is 53.7 Å². The zero-order valence-electron chi connectivity index (χ0n) is 27.5. The second-order valence-electron chi connectivity index (χ2n) is 13.5. The summed E-state index contributed by atoms with van der Waals surface area (Å²) in [6.45, 7) is 6.64. The van der Waals surface area contributed by atoms with Gasteiger partial charge in [0.15, 0.2) is 0 Å². The summed E-state index contributed by atoms with van der Waals surface area (Å²) >= 11 is 0. The molecule has 0 radical (unpaired) electrons. The number of ether oxygens (including phenoxy) is 1. The first-order chi connectivity index (χ1) is 23.9. The number of fused-ring (bicyclic) bond motifs is 10. The Kier molecular flexibility index (Phi) is 6.81. The van der Waals surface area contributed by atoms with E-state index in [-0.39, 0.29) is 26.5 Å². The quantitative estimate of drug-likeness (QED) is 0.166. The number of benzene rings is 6. The van der Waals surface area contributed by atoms with Gasteiger partial charge in [0, 0.05) is 11.5 Å².